The van der Waals surface area contributed by atoms with Gasteiger partial charge < -0.3 is 5.32 Å². The lowest BCUT2D eigenvalue weighted by molar-refractivity contribution is 0.216. The van der Waals surface area contributed by atoms with Crippen LogP contribution in [0.5, 0.6) is 0 Å². The Morgan fingerprint density at radius 3 is 2.32 bits per heavy atom. The van der Waals surface area contributed by atoms with Crippen molar-refractivity contribution in [3.63, 3.8) is 0 Å². The minimum atomic E-state index is -0.736. The van der Waals surface area contributed by atoms with Gasteiger partial charge in [0.25, 0.3) is 0 Å². The van der Waals surface area contributed by atoms with Crippen molar-refractivity contribution in [2.75, 3.05) is 0 Å². The maximum atomic E-state index is 12.2. The smallest absolute Gasteiger partial charge is 0.311 e. The summed E-state index contributed by atoms with van der Waals surface area (Å²) in [6.07, 6.45) is 5.92. The number of amides is 2. The molecule has 1 aliphatic carbocycles. The molecule has 1 aromatic carbocycles. The Bertz CT molecular complexity index is 577. The zero-order valence-corrected chi connectivity index (χ0v) is 15.8. The van der Waals surface area contributed by atoms with Gasteiger partial charge in [-0.15, -0.1) is 0 Å². The molecule has 3 N–H and O–H groups in total. The molecule has 0 spiro atoms. The number of urea groups is 1. The van der Waals surface area contributed by atoms with Gasteiger partial charge in [-0.2, -0.15) is 10.2 Å². The van der Waals surface area contributed by atoms with Gasteiger partial charge in [0.2, 0.25) is 0 Å². The Balaban J connectivity index is 1.83. The number of benzene rings is 1. The summed E-state index contributed by atoms with van der Waals surface area (Å²) >= 11 is 0. The van der Waals surface area contributed by atoms with Gasteiger partial charge in [0.15, 0.2) is 0 Å². The molecule has 6 nitrogen and oxygen atoms in total. The van der Waals surface area contributed by atoms with Crippen molar-refractivity contribution in [3.05, 3.63) is 35.9 Å². The Kier molecular flexibility index (Phi) is 6.53. The number of carbonyl (C=O) groups is 1. The number of nitrogens with zero attached hydrogens (tertiary/aromatic N) is 2. The molecule has 138 valence electrons. The van der Waals surface area contributed by atoms with Crippen molar-refractivity contribution in [3.8, 4) is 0 Å². The molecule has 0 aliphatic heterocycles. The summed E-state index contributed by atoms with van der Waals surface area (Å²) in [6.45, 7) is 7.72. The van der Waals surface area contributed by atoms with Crippen molar-refractivity contribution in [1.29, 1.82) is 0 Å². The van der Waals surface area contributed by atoms with E-state index in [2.05, 4.69) is 26.4 Å². The first-order chi connectivity index (χ1) is 11.8. The highest BCUT2D eigenvalue weighted by atomic mass is 16.2. The van der Waals surface area contributed by atoms with Crippen molar-refractivity contribution in [2.24, 2.45) is 10.2 Å². The first kappa shape index (κ1) is 19.4. The number of azo groups is 1. The van der Waals surface area contributed by atoms with Gasteiger partial charge in [0.1, 0.15) is 5.66 Å². The number of nitrogens with one attached hydrogen (secondary N) is 3. The summed E-state index contributed by atoms with van der Waals surface area (Å²) in [4.78, 5) is 12.2. The van der Waals surface area contributed by atoms with Crippen LogP contribution in [-0.4, -0.2) is 17.7 Å². The molecule has 0 saturated heterocycles. The second kappa shape index (κ2) is 8.43. The van der Waals surface area contributed by atoms with E-state index >= 15 is 0 Å². The predicted molar refractivity (Wildman–Crippen MR) is 100 cm³/mol. The number of rotatable bonds is 6. The van der Waals surface area contributed by atoms with Gasteiger partial charge in [-0.3, -0.25) is 5.43 Å². The summed E-state index contributed by atoms with van der Waals surface area (Å²) < 4.78 is 0. The molecule has 1 saturated carbocycles. The van der Waals surface area contributed by atoms with Crippen molar-refractivity contribution < 1.29 is 4.79 Å². The normalized spacial score (nSPS) is 16.8. The van der Waals surface area contributed by atoms with Crippen molar-refractivity contribution in [1.82, 2.24) is 16.2 Å². The fraction of sp³-hybridized carbons (Fsp3) is 0.632. The van der Waals surface area contributed by atoms with E-state index in [-0.39, 0.29) is 11.6 Å². The Labute approximate surface area is 150 Å². The van der Waals surface area contributed by atoms with Crippen LogP contribution in [0.3, 0.4) is 0 Å². The van der Waals surface area contributed by atoms with E-state index in [0.717, 1.165) is 18.4 Å². The molecule has 2 rings (SSSR count). The molecular weight excluding hydrogens is 314 g/mol. The van der Waals surface area contributed by atoms with Gasteiger partial charge in [0.05, 0.1) is 11.6 Å². The highest BCUT2D eigenvalue weighted by molar-refractivity contribution is 5.74. The minimum absolute atomic E-state index is 0.299. The van der Waals surface area contributed by atoms with E-state index in [0.29, 0.717) is 6.04 Å². The summed E-state index contributed by atoms with van der Waals surface area (Å²) in [7, 11) is 0. The SMILES string of the molecule is CC(C)(N=NC1CCCCC1)NC(=O)NNC(C)(C)c1ccccc1. The fourth-order valence-corrected chi connectivity index (χ4v) is 2.90. The molecule has 0 heterocycles. The average molecular weight is 345 g/mol. The quantitative estimate of drug-likeness (QED) is 0.532. The van der Waals surface area contributed by atoms with E-state index in [1.807, 2.05) is 58.0 Å². The van der Waals surface area contributed by atoms with Crippen LogP contribution in [0.2, 0.25) is 0 Å². The molecule has 6 heteroatoms. The Morgan fingerprint density at radius 2 is 1.68 bits per heavy atom. The second-order valence-electron chi connectivity index (χ2n) is 7.76. The van der Waals surface area contributed by atoms with Crippen molar-refractivity contribution >= 4 is 6.03 Å². The van der Waals surface area contributed by atoms with Crippen LogP contribution in [0.1, 0.15) is 65.4 Å². The lowest BCUT2D eigenvalue weighted by Crippen LogP contribution is -2.55. The zero-order chi connectivity index (χ0) is 18.3. The fourth-order valence-electron chi connectivity index (χ4n) is 2.90. The maximum Gasteiger partial charge on any atom is 0.331 e. The number of hydrogen-bond donors (Lipinski definition) is 3. The second-order valence-corrected chi connectivity index (χ2v) is 7.76. The largest absolute Gasteiger partial charge is 0.331 e. The van der Waals surface area contributed by atoms with E-state index in [9.17, 15) is 4.79 Å². The van der Waals surface area contributed by atoms with Gasteiger partial charge in [-0.05, 0) is 46.1 Å². The molecule has 0 bridgehead atoms. The van der Waals surface area contributed by atoms with E-state index in [1.54, 1.807) is 0 Å². The van der Waals surface area contributed by atoms with E-state index < -0.39 is 5.66 Å². The van der Waals surface area contributed by atoms with Crippen LogP contribution in [0, 0.1) is 0 Å². The molecule has 0 aromatic heterocycles. The number of hydrogen-bond acceptors (Lipinski definition) is 4. The third-order valence-corrected chi connectivity index (χ3v) is 4.45. The average Bonchev–Trinajstić information content (AvgIpc) is 2.60. The molecule has 1 aliphatic rings. The van der Waals surface area contributed by atoms with Crippen LogP contribution < -0.4 is 16.2 Å². The summed E-state index contributed by atoms with van der Waals surface area (Å²) in [5, 5.41) is 11.6. The molecule has 1 aromatic rings. The molecule has 0 atom stereocenters. The van der Waals surface area contributed by atoms with Crippen LogP contribution in [0.25, 0.3) is 0 Å². The molecule has 0 unspecified atom stereocenters. The van der Waals surface area contributed by atoms with Crippen LogP contribution in [-0.2, 0) is 5.54 Å². The lowest BCUT2D eigenvalue weighted by Gasteiger charge is -2.28. The molecule has 2 amide bonds. The third-order valence-electron chi connectivity index (χ3n) is 4.45. The first-order valence-electron chi connectivity index (χ1n) is 9.11. The number of carbonyl (C=O) groups excluding carboxylic acids is 1. The summed E-state index contributed by atoms with van der Waals surface area (Å²) in [5.74, 6) is 0. The highest BCUT2D eigenvalue weighted by Crippen LogP contribution is 2.21. The monoisotopic (exact) mass is 345 g/mol. The third kappa shape index (κ3) is 6.46. The molecular formula is C19H31N5O. The molecule has 25 heavy (non-hydrogen) atoms. The summed E-state index contributed by atoms with van der Waals surface area (Å²) in [6, 6.07) is 9.95. The van der Waals surface area contributed by atoms with Gasteiger partial charge in [-0.1, -0.05) is 49.6 Å². The van der Waals surface area contributed by atoms with Gasteiger partial charge in [0, 0.05) is 0 Å². The predicted octanol–water partition coefficient (Wildman–Crippen LogP) is 4.25. The highest BCUT2D eigenvalue weighted by Gasteiger charge is 2.24. The van der Waals surface area contributed by atoms with E-state index in [1.165, 1.54) is 19.3 Å². The van der Waals surface area contributed by atoms with Crippen molar-refractivity contribution in [2.45, 2.75) is 77.0 Å². The lowest BCUT2D eigenvalue weighted by atomic mass is 9.95. The van der Waals surface area contributed by atoms with Gasteiger partial charge >= 0.3 is 6.03 Å². The standard InChI is InChI=1S/C19H31N5O/c1-18(2,15-11-7-5-8-12-15)23-22-17(25)20-19(3,4)24-21-16-13-9-6-10-14-16/h5,7-8,11-12,16,23H,6,9-10,13-14H2,1-4H3,(H2,20,22,25). The number of hydrazine groups is 1. The topological polar surface area (TPSA) is 77.9 Å². The molecule has 1 fully saturated rings. The first-order valence-corrected chi connectivity index (χ1v) is 9.11. The summed E-state index contributed by atoms with van der Waals surface area (Å²) in [5.41, 5.74) is 5.75. The Hall–Kier alpha value is -1.95. The van der Waals surface area contributed by atoms with Crippen LogP contribution >= 0.6 is 0 Å². The maximum absolute atomic E-state index is 12.2. The van der Waals surface area contributed by atoms with E-state index in [4.69, 9.17) is 0 Å². The van der Waals surface area contributed by atoms with Gasteiger partial charge in [-0.25, -0.2) is 10.2 Å². The molecule has 0 radical (unpaired) electrons. The van der Waals surface area contributed by atoms with Crippen LogP contribution in [0.15, 0.2) is 40.6 Å². The van der Waals surface area contributed by atoms with Crippen LogP contribution in [0.4, 0.5) is 4.79 Å². The minimum Gasteiger partial charge on any atom is -0.311 e. The zero-order valence-electron chi connectivity index (χ0n) is 15.8. The Morgan fingerprint density at radius 1 is 1.04 bits per heavy atom.